The minimum Gasteiger partial charge on any atom is -0.380 e. The average Bonchev–Trinajstić information content (AvgIpc) is 3.01. The number of hydrogen-bond donors (Lipinski definition) is 2. The third-order valence-electron chi connectivity index (χ3n) is 2.85. The van der Waals surface area contributed by atoms with E-state index >= 15 is 0 Å². The summed E-state index contributed by atoms with van der Waals surface area (Å²) >= 11 is 0. The van der Waals surface area contributed by atoms with E-state index in [0.29, 0.717) is 5.69 Å². The highest BCUT2D eigenvalue weighted by molar-refractivity contribution is 5.91. The van der Waals surface area contributed by atoms with Crippen molar-refractivity contribution in [1.82, 2.24) is 20.2 Å². The molecule has 1 heterocycles. The van der Waals surface area contributed by atoms with Gasteiger partial charge in [-0.2, -0.15) is 0 Å². The first-order chi connectivity index (χ1) is 10.1. The molecule has 0 aliphatic heterocycles. The Balaban J connectivity index is 2.12. The van der Waals surface area contributed by atoms with E-state index < -0.39 is 11.9 Å². The fourth-order valence-corrected chi connectivity index (χ4v) is 1.70. The zero-order valence-electron chi connectivity index (χ0n) is 11.4. The number of nitrogens with two attached hydrogens (primary N) is 1. The Bertz CT molecular complexity index is 600. The Morgan fingerprint density at radius 3 is 3.00 bits per heavy atom. The highest BCUT2D eigenvalue weighted by Crippen LogP contribution is 2.18. The molecule has 1 amide bonds. The number of ether oxygens (including phenoxy) is 1. The molecule has 2 rings (SSSR count). The summed E-state index contributed by atoms with van der Waals surface area (Å²) in [7, 11) is 1.46. The lowest BCUT2D eigenvalue weighted by molar-refractivity contribution is -0.118. The first-order valence-corrected chi connectivity index (χ1v) is 6.19. The molecule has 112 valence electrons. The zero-order valence-corrected chi connectivity index (χ0v) is 11.4. The highest BCUT2D eigenvalue weighted by atomic mass is 19.1. The number of carbonyl (C=O) groups excluding carboxylic acids is 1. The van der Waals surface area contributed by atoms with E-state index in [1.807, 2.05) is 0 Å². The summed E-state index contributed by atoms with van der Waals surface area (Å²) in [5, 5.41) is 13.2. The first kappa shape index (κ1) is 15.0. The van der Waals surface area contributed by atoms with Crippen LogP contribution in [0, 0.1) is 5.82 Å². The summed E-state index contributed by atoms with van der Waals surface area (Å²) in [5.41, 5.74) is 6.01. The lowest BCUT2D eigenvalue weighted by Gasteiger charge is -2.13. The Kier molecular flexibility index (Phi) is 4.90. The van der Waals surface area contributed by atoms with Gasteiger partial charge in [0.2, 0.25) is 5.91 Å². The number of halogens is 1. The van der Waals surface area contributed by atoms with Crippen LogP contribution < -0.4 is 11.1 Å². The molecule has 1 atom stereocenters. The molecule has 0 spiro atoms. The van der Waals surface area contributed by atoms with E-state index in [0.717, 1.165) is 0 Å². The normalized spacial score (nSPS) is 12.1. The fourth-order valence-electron chi connectivity index (χ4n) is 1.70. The van der Waals surface area contributed by atoms with Crippen molar-refractivity contribution in [3.8, 4) is 5.69 Å². The summed E-state index contributed by atoms with van der Waals surface area (Å²) in [6.45, 7) is 0.205. The van der Waals surface area contributed by atoms with E-state index in [4.69, 9.17) is 10.5 Å². The number of nitrogens with zero attached hydrogens (tertiary/aromatic N) is 4. The van der Waals surface area contributed by atoms with E-state index in [1.54, 1.807) is 0 Å². The molecule has 3 N–H and O–H groups in total. The Labute approximate surface area is 120 Å². The molecule has 1 unspecified atom stereocenters. The molecule has 8 nitrogen and oxygen atoms in total. The van der Waals surface area contributed by atoms with Crippen molar-refractivity contribution in [2.24, 2.45) is 5.73 Å². The van der Waals surface area contributed by atoms with E-state index in [2.05, 4.69) is 20.8 Å². The van der Waals surface area contributed by atoms with Crippen molar-refractivity contribution < 1.29 is 13.9 Å². The quantitative estimate of drug-likeness (QED) is 0.782. The molecule has 1 aromatic heterocycles. The van der Waals surface area contributed by atoms with Gasteiger partial charge >= 0.3 is 0 Å². The molecule has 0 aliphatic rings. The summed E-state index contributed by atoms with van der Waals surface area (Å²) in [6, 6.07) is 4.16. The van der Waals surface area contributed by atoms with Gasteiger partial charge in [-0.15, -0.1) is 5.10 Å². The van der Waals surface area contributed by atoms with Gasteiger partial charge in [-0.3, -0.25) is 4.79 Å². The smallest absolute Gasteiger partial charge is 0.227 e. The molecule has 0 aliphatic carbocycles. The second-order valence-electron chi connectivity index (χ2n) is 4.26. The van der Waals surface area contributed by atoms with Crippen LogP contribution in [-0.4, -0.2) is 45.9 Å². The van der Waals surface area contributed by atoms with Gasteiger partial charge in [0.05, 0.1) is 23.9 Å². The second-order valence-corrected chi connectivity index (χ2v) is 4.26. The molecule has 0 fully saturated rings. The molecule has 21 heavy (non-hydrogen) atoms. The van der Waals surface area contributed by atoms with Crippen LogP contribution in [0.1, 0.15) is 6.42 Å². The predicted octanol–water partition coefficient (Wildman–Crippen LogP) is 0.104. The topological polar surface area (TPSA) is 108 Å². The van der Waals surface area contributed by atoms with Gasteiger partial charge in [-0.05, 0) is 28.6 Å². The number of amides is 1. The summed E-state index contributed by atoms with van der Waals surface area (Å²) in [5.74, 6) is -0.943. The van der Waals surface area contributed by atoms with E-state index in [9.17, 15) is 9.18 Å². The number of tetrazole rings is 1. The zero-order chi connectivity index (χ0) is 15.2. The summed E-state index contributed by atoms with van der Waals surface area (Å²) < 4.78 is 20.1. The summed E-state index contributed by atoms with van der Waals surface area (Å²) in [6.07, 6.45) is 1.01. The number of benzene rings is 1. The molecule has 0 saturated carbocycles. The lowest BCUT2D eigenvalue weighted by Crippen LogP contribution is -2.28. The Hall–Kier alpha value is -2.39. The van der Waals surface area contributed by atoms with E-state index in [1.165, 1.54) is 36.3 Å². The average molecular weight is 294 g/mol. The number of carbonyl (C=O) groups is 1. The number of anilines is 1. The van der Waals surface area contributed by atoms with Gasteiger partial charge in [0.15, 0.2) is 0 Å². The largest absolute Gasteiger partial charge is 0.380 e. The van der Waals surface area contributed by atoms with Gasteiger partial charge in [-0.1, -0.05) is 0 Å². The molecule has 0 bridgehead atoms. The van der Waals surface area contributed by atoms with Gasteiger partial charge in [0, 0.05) is 13.7 Å². The van der Waals surface area contributed by atoms with Crippen molar-refractivity contribution in [2.45, 2.75) is 12.5 Å². The monoisotopic (exact) mass is 294 g/mol. The van der Waals surface area contributed by atoms with Crippen LogP contribution >= 0.6 is 0 Å². The van der Waals surface area contributed by atoms with Crippen molar-refractivity contribution >= 4 is 11.6 Å². The van der Waals surface area contributed by atoms with Crippen LogP contribution in [0.5, 0.6) is 0 Å². The molecule has 2 aromatic rings. The van der Waals surface area contributed by atoms with Gasteiger partial charge < -0.3 is 15.8 Å². The van der Waals surface area contributed by atoms with Gasteiger partial charge in [0.1, 0.15) is 12.1 Å². The van der Waals surface area contributed by atoms with Crippen LogP contribution in [0.3, 0.4) is 0 Å². The molecule has 1 aromatic carbocycles. The van der Waals surface area contributed by atoms with Crippen molar-refractivity contribution in [1.29, 1.82) is 0 Å². The molecule has 0 saturated heterocycles. The van der Waals surface area contributed by atoms with Crippen LogP contribution in [0.2, 0.25) is 0 Å². The maximum atomic E-state index is 13.7. The standard InChI is InChI=1S/C12H15FN6O2/c1-21-9(6-14)5-12(20)16-11-4-8(2-3-10(11)13)19-7-15-17-18-19/h2-4,7,9H,5-6,14H2,1H3,(H,16,20). The maximum Gasteiger partial charge on any atom is 0.227 e. The molecule has 9 heteroatoms. The van der Waals surface area contributed by atoms with Crippen LogP contribution in [0.15, 0.2) is 24.5 Å². The van der Waals surface area contributed by atoms with Gasteiger partial charge in [0.25, 0.3) is 0 Å². The van der Waals surface area contributed by atoms with Crippen molar-refractivity contribution in [3.05, 3.63) is 30.3 Å². The minimum atomic E-state index is -0.554. The first-order valence-electron chi connectivity index (χ1n) is 6.19. The van der Waals surface area contributed by atoms with Gasteiger partial charge in [-0.25, -0.2) is 9.07 Å². The Morgan fingerprint density at radius 2 is 2.38 bits per heavy atom. The molecular weight excluding hydrogens is 279 g/mol. The second kappa shape index (κ2) is 6.86. The Morgan fingerprint density at radius 1 is 1.57 bits per heavy atom. The lowest BCUT2D eigenvalue weighted by atomic mass is 10.2. The number of methoxy groups -OCH3 is 1. The third kappa shape index (κ3) is 3.80. The number of nitrogens with one attached hydrogen (secondary N) is 1. The van der Waals surface area contributed by atoms with Crippen LogP contribution in [-0.2, 0) is 9.53 Å². The van der Waals surface area contributed by atoms with Crippen molar-refractivity contribution in [2.75, 3.05) is 19.0 Å². The number of rotatable bonds is 6. The van der Waals surface area contributed by atoms with E-state index in [-0.39, 0.29) is 24.6 Å². The van der Waals surface area contributed by atoms with Crippen LogP contribution in [0.25, 0.3) is 5.69 Å². The third-order valence-corrected chi connectivity index (χ3v) is 2.85. The molecule has 0 radical (unpaired) electrons. The minimum absolute atomic E-state index is 0.0416. The number of hydrogen-bond acceptors (Lipinski definition) is 6. The summed E-state index contributed by atoms with van der Waals surface area (Å²) in [4.78, 5) is 11.8. The number of aromatic nitrogens is 4. The maximum absolute atomic E-state index is 13.7. The van der Waals surface area contributed by atoms with Crippen LogP contribution in [0.4, 0.5) is 10.1 Å². The SMILES string of the molecule is COC(CN)CC(=O)Nc1cc(-n2cnnn2)ccc1F. The highest BCUT2D eigenvalue weighted by Gasteiger charge is 2.14. The molecular formula is C12H15FN6O2. The van der Waals surface area contributed by atoms with Crippen molar-refractivity contribution in [3.63, 3.8) is 0 Å². The predicted molar refractivity (Wildman–Crippen MR) is 72.2 cm³/mol. The fraction of sp³-hybridized carbons (Fsp3) is 0.333.